The van der Waals surface area contributed by atoms with Gasteiger partial charge in [-0.1, -0.05) is 30.3 Å². The minimum atomic E-state index is -0.0250. The Bertz CT molecular complexity index is 453. The third-order valence-corrected chi connectivity index (χ3v) is 3.95. The molecule has 1 aliphatic rings. The molecule has 1 fully saturated rings. The largest absolute Gasteiger partial charge is 0.356 e. The van der Waals surface area contributed by atoms with Gasteiger partial charge < -0.3 is 10.6 Å². The van der Waals surface area contributed by atoms with Crippen LogP contribution in [0.15, 0.2) is 30.3 Å². The molecule has 4 heteroatoms. The summed E-state index contributed by atoms with van der Waals surface area (Å²) >= 11 is 0. The van der Waals surface area contributed by atoms with Crippen LogP contribution < -0.4 is 10.6 Å². The van der Waals surface area contributed by atoms with Gasteiger partial charge in [0.05, 0.1) is 0 Å². The summed E-state index contributed by atoms with van der Waals surface area (Å²) in [5.74, 6) is 0.676. The standard InChI is InChI=1S/C17H24N2O2/c20-16(15-6-2-1-3-7-15)8-9-17(21)19-12-10-14-5-4-11-18-13-14/h1-3,6-7,14,18H,4-5,8-13H2,(H,19,21). The summed E-state index contributed by atoms with van der Waals surface area (Å²) in [6.07, 6.45) is 4.04. The maximum atomic E-state index is 11.9. The fourth-order valence-corrected chi connectivity index (χ4v) is 2.67. The fourth-order valence-electron chi connectivity index (χ4n) is 2.67. The Labute approximate surface area is 126 Å². The van der Waals surface area contributed by atoms with E-state index in [1.54, 1.807) is 12.1 Å². The van der Waals surface area contributed by atoms with Gasteiger partial charge in [-0.3, -0.25) is 9.59 Å². The van der Waals surface area contributed by atoms with E-state index in [4.69, 9.17) is 0 Å². The second-order valence-corrected chi connectivity index (χ2v) is 5.64. The van der Waals surface area contributed by atoms with E-state index < -0.39 is 0 Å². The van der Waals surface area contributed by atoms with E-state index in [0.717, 1.165) is 19.5 Å². The Morgan fingerprint density at radius 3 is 2.71 bits per heavy atom. The monoisotopic (exact) mass is 288 g/mol. The highest BCUT2D eigenvalue weighted by atomic mass is 16.2. The number of carbonyl (C=O) groups is 2. The number of carbonyl (C=O) groups excluding carboxylic acids is 2. The number of benzene rings is 1. The zero-order valence-electron chi connectivity index (χ0n) is 12.4. The highest BCUT2D eigenvalue weighted by Crippen LogP contribution is 2.13. The number of piperidine rings is 1. The molecule has 1 aliphatic heterocycles. The van der Waals surface area contributed by atoms with Crippen LogP contribution in [0.1, 0.15) is 42.5 Å². The highest BCUT2D eigenvalue weighted by molar-refractivity contribution is 5.97. The van der Waals surface area contributed by atoms with E-state index in [-0.39, 0.29) is 24.5 Å². The molecule has 1 aromatic rings. The Balaban J connectivity index is 1.60. The number of ketones is 1. The van der Waals surface area contributed by atoms with Crippen molar-refractivity contribution >= 4 is 11.7 Å². The average Bonchev–Trinajstić information content (AvgIpc) is 2.54. The molecule has 1 aromatic carbocycles. The lowest BCUT2D eigenvalue weighted by Crippen LogP contribution is -2.33. The van der Waals surface area contributed by atoms with E-state index in [0.29, 0.717) is 18.0 Å². The molecule has 2 N–H and O–H groups in total. The molecule has 0 saturated carbocycles. The molecule has 2 rings (SSSR count). The Morgan fingerprint density at radius 1 is 1.19 bits per heavy atom. The molecular weight excluding hydrogens is 264 g/mol. The van der Waals surface area contributed by atoms with Gasteiger partial charge in [0.25, 0.3) is 0 Å². The molecule has 1 unspecified atom stereocenters. The molecule has 1 amide bonds. The zero-order chi connectivity index (χ0) is 14.9. The molecular formula is C17H24N2O2. The molecule has 0 spiro atoms. The van der Waals surface area contributed by atoms with Gasteiger partial charge in [0.1, 0.15) is 0 Å². The normalized spacial score (nSPS) is 18.2. The van der Waals surface area contributed by atoms with Crippen LogP contribution in [0.5, 0.6) is 0 Å². The van der Waals surface area contributed by atoms with Crippen LogP contribution in [0.4, 0.5) is 0 Å². The van der Waals surface area contributed by atoms with Gasteiger partial charge in [0.2, 0.25) is 5.91 Å². The summed E-state index contributed by atoms with van der Waals surface area (Å²) in [5, 5.41) is 6.29. The maximum Gasteiger partial charge on any atom is 0.220 e. The van der Waals surface area contributed by atoms with Crippen molar-refractivity contribution in [2.75, 3.05) is 19.6 Å². The summed E-state index contributed by atoms with van der Waals surface area (Å²) in [5.41, 5.74) is 0.679. The minimum absolute atomic E-state index is 0.0250. The molecule has 0 aliphatic carbocycles. The average molecular weight is 288 g/mol. The van der Waals surface area contributed by atoms with Crippen LogP contribution in [-0.4, -0.2) is 31.3 Å². The van der Waals surface area contributed by atoms with Gasteiger partial charge in [0, 0.05) is 24.9 Å². The summed E-state index contributed by atoms with van der Waals surface area (Å²) in [7, 11) is 0. The van der Waals surface area contributed by atoms with E-state index in [1.807, 2.05) is 18.2 Å². The highest BCUT2D eigenvalue weighted by Gasteiger charge is 2.13. The fraction of sp³-hybridized carbons (Fsp3) is 0.529. The SMILES string of the molecule is O=C(CCC(=O)c1ccccc1)NCCC1CCCNC1. The minimum Gasteiger partial charge on any atom is -0.356 e. The topological polar surface area (TPSA) is 58.2 Å². The lowest BCUT2D eigenvalue weighted by atomic mass is 9.96. The molecule has 0 aromatic heterocycles. The first kappa shape index (κ1) is 15.7. The van der Waals surface area contributed by atoms with E-state index in [9.17, 15) is 9.59 Å². The molecule has 114 valence electrons. The van der Waals surface area contributed by atoms with Gasteiger partial charge >= 0.3 is 0 Å². The van der Waals surface area contributed by atoms with Gasteiger partial charge in [-0.05, 0) is 38.3 Å². The maximum absolute atomic E-state index is 11.9. The van der Waals surface area contributed by atoms with Gasteiger partial charge in [-0.25, -0.2) is 0 Å². The van der Waals surface area contributed by atoms with Crippen molar-refractivity contribution in [3.63, 3.8) is 0 Å². The summed E-state index contributed by atoms with van der Waals surface area (Å²) in [6.45, 7) is 2.89. The first-order valence-corrected chi connectivity index (χ1v) is 7.81. The molecule has 21 heavy (non-hydrogen) atoms. The van der Waals surface area contributed by atoms with Crippen LogP contribution in [-0.2, 0) is 4.79 Å². The first-order chi connectivity index (χ1) is 10.3. The van der Waals surface area contributed by atoms with Crippen molar-refractivity contribution < 1.29 is 9.59 Å². The zero-order valence-corrected chi connectivity index (χ0v) is 12.4. The van der Waals surface area contributed by atoms with Crippen LogP contribution in [0, 0.1) is 5.92 Å². The third kappa shape index (κ3) is 5.68. The predicted molar refractivity (Wildman–Crippen MR) is 83.2 cm³/mol. The third-order valence-electron chi connectivity index (χ3n) is 3.95. The van der Waals surface area contributed by atoms with E-state index in [1.165, 1.54) is 12.8 Å². The van der Waals surface area contributed by atoms with Crippen molar-refractivity contribution in [1.29, 1.82) is 0 Å². The van der Waals surface area contributed by atoms with Crippen molar-refractivity contribution in [3.05, 3.63) is 35.9 Å². The van der Waals surface area contributed by atoms with Crippen molar-refractivity contribution in [2.45, 2.75) is 32.1 Å². The number of Topliss-reactive ketones (excluding diaryl/α,β-unsaturated/α-hetero) is 1. The molecule has 1 heterocycles. The lowest BCUT2D eigenvalue weighted by molar-refractivity contribution is -0.121. The number of amides is 1. The lowest BCUT2D eigenvalue weighted by Gasteiger charge is -2.22. The van der Waals surface area contributed by atoms with E-state index in [2.05, 4.69) is 10.6 Å². The predicted octanol–water partition coefficient (Wildman–Crippen LogP) is 2.16. The Hall–Kier alpha value is -1.68. The Kier molecular flexibility index (Phi) is 6.41. The van der Waals surface area contributed by atoms with Crippen molar-refractivity contribution in [1.82, 2.24) is 10.6 Å². The van der Waals surface area contributed by atoms with Crippen molar-refractivity contribution in [3.8, 4) is 0 Å². The number of hydrogen-bond acceptors (Lipinski definition) is 3. The molecule has 4 nitrogen and oxygen atoms in total. The Morgan fingerprint density at radius 2 is 2.00 bits per heavy atom. The van der Waals surface area contributed by atoms with Gasteiger partial charge in [-0.2, -0.15) is 0 Å². The number of rotatable bonds is 7. The first-order valence-electron chi connectivity index (χ1n) is 7.81. The van der Waals surface area contributed by atoms with Crippen molar-refractivity contribution in [2.24, 2.45) is 5.92 Å². The number of nitrogens with one attached hydrogen (secondary N) is 2. The number of hydrogen-bond donors (Lipinski definition) is 2. The van der Waals surface area contributed by atoms with Crippen LogP contribution in [0.3, 0.4) is 0 Å². The molecule has 0 radical (unpaired) electrons. The molecule has 1 atom stereocenters. The second-order valence-electron chi connectivity index (χ2n) is 5.64. The van der Waals surface area contributed by atoms with Crippen LogP contribution in [0.25, 0.3) is 0 Å². The van der Waals surface area contributed by atoms with Crippen LogP contribution >= 0.6 is 0 Å². The van der Waals surface area contributed by atoms with Gasteiger partial charge in [0.15, 0.2) is 5.78 Å². The molecule has 1 saturated heterocycles. The second kappa shape index (κ2) is 8.57. The summed E-state index contributed by atoms with van der Waals surface area (Å²) in [4.78, 5) is 23.6. The smallest absolute Gasteiger partial charge is 0.220 e. The quantitative estimate of drug-likeness (QED) is 0.756. The van der Waals surface area contributed by atoms with E-state index >= 15 is 0 Å². The summed E-state index contributed by atoms with van der Waals surface area (Å²) in [6, 6.07) is 9.13. The summed E-state index contributed by atoms with van der Waals surface area (Å²) < 4.78 is 0. The molecule has 0 bridgehead atoms. The van der Waals surface area contributed by atoms with Gasteiger partial charge in [-0.15, -0.1) is 0 Å². The van der Waals surface area contributed by atoms with Crippen LogP contribution in [0.2, 0.25) is 0 Å².